The van der Waals surface area contributed by atoms with E-state index in [-0.39, 0.29) is 16.6 Å². The van der Waals surface area contributed by atoms with Crippen LogP contribution in [0, 0.1) is 0 Å². The maximum atomic E-state index is 13.1. The summed E-state index contributed by atoms with van der Waals surface area (Å²) in [6.45, 7) is 6.91. The molecule has 0 bridgehead atoms. The molecule has 1 aliphatic heterocycles. The van der Waals surface area contributed by atoms with Crippen LogP contribution in [0.15, 0.2) is 53.4 Å². The Hall–Kier alpha value is -3.60. The lowest BCUT2D eigenvalue weighted by Gasteiger charge is -2.35. The van der Waals surface area contributed by atoms with Crippen LogP contribution >= 0.6 is 0 Å². The van der Waals surface area contributed by atoms with Gasteiger partial charge in [0.15, 0.2) is 5.82 Å². The van der Waals surface area contributed by atoms with Gasteiger partial charge < -0.3 is 14.5 Å². The minimum Gasteiger partial charge on any atom is -0.444 e. The number of carbonyl (C=O) groups is 2. The maximum absolute atomic E-state index is 13.1. The van der Waals surface area contributed by atoms with E-state index >= 15 is 0 Å². The van der Waals surface area contributed by atoms with E-state index in [9.17, 15) is 18.0 Å². The fourth-order valence-corrected chi connectivity index (χ4v) is 4.66. The molecule has 0 saturated carbocycles. The predicted molar refractivity (Wildman–Crippen MR) is 127 cm³/mol. The molecule has 0 atom stereocenters. The van der Waals surface area contributed by atoms with Gasteiger partial charge in [-0.3, -0.25) is 14.6 Å². The largest absolute Gasteiger partial charge is 0.444 e. The Kier molecular flexibility index (Phi) is 6.22. The van der Waals surface area contributed by atoms with Crippen LogP contribution in [0.5, 0.6) is 0 Å². The number of hydrogen-bond acceptors (Lipinski definition) is 6. The third kappa shape index (κ3) is 5.14. The van der Waals surface area contributed by atoms with Crippen LogP contribution in [0.2, 0.25) is 0 Å². The lowest BCUT2D eigenvalue weighted by atomic mass is 10.1. The third-order valence-electron chi connectivity index (χ3n) is 5.31. The number of piperazine rings is 1. The highest BCUT2D eigenvalue weighted by Gasteiger charge is 2.28. The molecule has 2 amide bonds. The standard InChI is InChI=1S/C23H27N5O5S/c1-23(2,3)33-22(30)28-13-11-27(12-14-28)21(29)16-9-10-19-18(15-16)20(25-24-19)26-34(31,32)17-7-5-4-6-8-17/h4-10,15H,11-14H2,1-3H3,(H2,24,25,26). The lowest BCUT2D eigenvalue weighted by molar-refractivity contribution is 0.0141. The van der Waals surface area contributed by atoms with Crippen LogP contribution in [0.4, 0.5) is 10.6 Å². The second-order valence-corrected chi connectivity index (χ2v) is 10.7. The van der Waals surface area contributed by atoms with Gasteiger partial charge in [-0.25, -0.2) is 13.2 Å². The van der Waals surface area contributed by atoms with E-state index in [1.807, 2.05) is 20.8 Å². The number of aromatic nitrogens is 2. The minimum absolute atomic E-state index is 0.112. The van der Waals surface area contributed by atoms with Crippen LogP contribution in [0.1, 0.15) is 31.1 Å². The first-order valence-electron chi connectivity index (χ1n) is 10.9. The maximum Gasteiger partial charge on any atom is 0.410 e. The molecule has 180 valence electrons. The number of ether oxygens (including phenoxy) is 1. The second kappa shape index (κ2) is 8.98. The molecule has 0 spiro atoms. The van der Waals surface area contributed by atoms with E-state index in [4.69, 9.17) is 4.74 Å². The summed E-state index contributed by atoms with van der Waals surface area (Å²) in [5.41, 5.74) is 0.417. The van der Waals surface area contributed by atoms with Crippen molar-refractivity contribution in [2.75, 3.05) is 30.9 Å². The molecular formula is C23H27N5O5S. The Morgan fingerprint density at radius 3 is 2.29 bits per heavy atom. The molecule has 1 aliphatic rings. The van der Waals surface area contributed by atoms with Gasteiger partial charge in [0.25, 0.3) is 15.9 Å². The zero-order valence-corrected chi connectivity index (χ0v) is 20.1. The number of nitrogens with zero attached hydrogens (tertiary/aromatic N) is 3. The van der Waals surface area contributed by atoms with E-state index in [1.165, 1.54) is 12.1 Å². The van der Waals surface area contributed by atoms with Gasteiger partial charge >= 0.3 is 6.09 Å². The smallest absolute Gasteiger partial charge is 0.410 e. The third-order valence-corrected chi connectivity index (χ3v) is 6.67. The number of H-pyrrole nitrogens is 1. The summed E-state index contributed by atoms with van der Waals surface area (Å²) in [6, 6.07) is 12.9. The van der Waals surface area contributed by atoms with Crippen molar-refractivity contribution in [1.29, 1.82) is 0 Å². The summed E-state index contributed by atoms with van der Waals surface area (Å²) in [5.74, 6) is -0.0907. The molecule has 1 fully saturated rings. The average Bonchev–Trinajstić information content (AvgIpc) is 3.19. The second-order valence-electron chi connectivity index (χ2n) is 9.01. The van der Waals surface area contributed by atoms with Crippen molar-refractivity contribution in [2.24, 2.45) is 0 Å². The zero-order valence-electron chi connectivity index (χ0n) is 19.2. The monoisotopic (exact) mass is 485 g/mol. The average molecular weight is 486 g/mol. The molecule has 11 heteroatoms. The number of benzene rings is 2. The summed E-state index contributed by atoms with van der Waals surface area (Å²) >= 11 is 0. The lowest BCUT2D eigenvalue weighted by Crippen LogP contribution is -2.51. The van der Waals surface area contributed by atoms with Crippen LogP contribution in [0.3, 0.4) is 0 Å². The van der Waals surface area contributed by atoms with Gasteiger partial charge in [-0.1, -0.05) is 18.2 Å². The molecular weight excluding hydrogens is 458 g/mol. The SMILES string of the molecule is CC(C)(C)OC(=O)N1CCN(C(=O)c2ccc3[nH]nc(NS(=O)(=O)c4ccccc4)c3c2)CC1. The predicted octanol–water partition coefficient (Wildman–Crippen LogP) is 3.06. The highest BCUT2D eigenvalue weighted by atomic mass is 32.2. The number of sulfonamides is 1. The van der Waals surface area contributed by atoms with Crippen molar-refractivity contribution < 1.29 is 22.7 Å². The highest BCUT2D eigenvalue weighted by Crippen LogP contribution is 2.25. The molecule has 34 heavy (non-hydrogen) atoms. The number of hydrogen-bond donors (Lipinski definition) is 2. The van der Waals surface area contributed by atoms with Crippen LogP contribution < -0.4 is 4.72 Å². The molecule has 10 nitrogen and oxygen atoms in total. The Labute approximate surface area is 197 Å². The Balaban J connectivity index is 1.48. The molecule has 2 N–H and O–H groups in total. The normalized spacial score (nSPS) is 14.8. The van der Waals surface area contributed by atoms with Gasteiger partial charge in [0.1, 0.15) is 5.60 Å². The molecule has 2 aromatic carbocycles. The fraction of sp³-hybridized carbons (Fsp3) is 0.348. The summed E-state index contributed by atoms with van der Waals surface area (Å²) in [7, 11) is -3.83. The van der Waals surface area contributed by atoms with E-state index in [2.05, 4.69) is 14.9 Å². The fourth-order valence-electron chi connectivity index (χ4n) is 3.61. The Morgan fingerprint density at radius 1 is 1.00 bits per heavy atom. The minimum atomic E-state index is -3.83. The number of aromatic amines is 1. The quantitative estimate of drug-likeness (QED) is 0.585. The molecule has 0 radical (unpaired) electrons. The van der Waals surface area contributed by atoms with Gasteiger partial charge in [-0.05, 0) is 51.1 Å². The highest BCUT2D eigenvalue weighted by molar-refractivity contribution is 7.92. The topological polar surface area (TPSA) is 125 Å². The molecule has 3 aromatic rings. The van der Waals surface area contributed by atoms with Gasteiger partial charge in [0, 0.05) is 37.1 Å². The van der Waals surface area contributed by atoms with Crippen molar-refractivity contribution in [3.05, 3.63) is 54.1 Å². The van der Waals surface area contributed by atoms with E-state index in [0.29, 0.717) is 42.6 Å². The van der Waals surface area contributed by atoms with Gasteiger partial charge in [0.2, 0.25) is 0 Å². The summed E-state index contributed by atoms with van der Waals surface area (Å²) in [4.78, 5) is 28.7. The molecule has 0 aliphatic carbocycles. The zero-order chi connectivity index (χ0) is 24.5. The number of rotatable bonds is 4. The summed E-state index contributed by atoms with van der Waals surface area (Å²) in [6.07, 6.45) is -0.394. The summed E-state index contributed by atoms with van der Waals surface area (Å²) in [5, 5.41) is 7.35. The van der Waals surface area contributed by atoms with Crippen LogP contribution in [0.25, 0.3) is 10.9 Å². The van der Waals surface area contributed by atoms with E-state index < -0.39 is 21.7 Å². The number of nitrogens with one attached hydrogen (secondary N) is 2. The van der Waals surface area contributed by atoms with Crippen molar-refractivity contribution >= 4 is 38.7 Å². The Morgan fingerprint density at radius 2 is 1.65 bits per heavy atom. The van der Waals surface area contributed by atoms with E-state index in [1.54, 1.807) is 46.2 Å². The van der Waals surface area contributed by atoms with Crippen molar-refractivity contribution in [3.8, 4) is 0 Å². The first kappa shape index (κ1) is 23.6. The first-order chi connectivity index (χ1) is 16.0. The number of carbonyl (C=O) groups excluding carboxylic acids is 2. The van der Waals surface area contributed by atoms with Crippen LogP contribution in [-0.2, 0) is 14.8 Å². The molecule has 1 saturated heterocycles. The molecule has 2 heterocycles. The van der Waals surface area contributed by atoms with Crippen LogP contribution in [-0.4, -0.2) is 72.2 Å². The van der Waals surface area contributed by atoms with Crippen molar-refractivity contribution in [3.63, 3.8) is 0 Å². The number of fused-ring (bicyclic) bond motifs is 1. The van der Waals surface area contributed by atoms with Gasteiger partial charge in [0.05, 0.1) is 10.4 Å². The molecule has 1 aromatic heterocycles. The summed E-state index contributed by atoms with van der Waals surface area (Å²) < 4.78 is 33.3. The molecule has 0 unspecified atom stereocenters. The number of anilines is 1. The van der Waals surface area contributed by atoms with Crippen molar-refractivity contribution in [2.45, 2.75) is 31.3 Å². The Bertz CT molecular complexity index is 1310. The van der Waals surface area contributed by atoms with Crippen molar-refractivity contribution in [1.82, 2.24) is 20.0 Å². The van der Waals surface area contributed by atoms with Gasteiger partial charge in [-0.15, -0.1) is 0 Å². The first-order valence-corrected chi connectivity index (χ1v) is 12.3. The number of amides is 2. The van der Waals surface area contributed by atoms with Gasteiger partial charge in [-0.2, -0.15) is 5.10 Å². The molecule has 4 rings (SSSR count). The van der Waals surface area contributed by atoms with E-state index in [0.717, 1.165) is 0 Å².